The van der Waals surface area contributed by atoms with Gasteiger partial charge >= 0.3 is 5.97 Å². The SMILES string of the molecule is CC(=O)N1CCC(NC(=O)c2cnc(-c3cccc(C(=O)O)c3)s2)CC1. The number of piperidine rings is 1. The van der Waals surface area contributed by atoms with Crippen molar-refractivity contribution >= 4 is 29.1 Å². The van der Waals surface area contributed by atoms with Gasteiger partial charge in [-0.05, 0) is 25.0 Å². The lowest BCUT2D eigenvalue weighted by Gasteiger charge is -2.31. The fraction of sp³-hybridized carbons (Fsp3) is 0.333. The third kappa shape index (κ3) is 4.08. The van der Waals surface area contributed by atoms with E-state index >= 15 is 0 Å². The highest BCUT2D eigenvalue weighted by Gasteiger charge is 2.23. The van der Waals surface area contributed by atoms with Crippen molar-refractivity contribution in [2.24, 2.45) is 0 Å². The molecular formula is C18H19N3O4S. The lowest BCUT2D eigenvalue weighted by molar-refractivity contribution is -0.129. The number of rotatable bonds is 4. The van der Waals surface area contributed by atoms with Crippen LogP contribution in [-0.2, 0) is 4.79 Å². The van der Waals surface area contributed by atoms with Crippen molar-refractivity contribution in [3.05, 3.63) is 40.9 Å². The van der Waals surface area contributed by atoms with Crippen LogP contribution < -0.4 is 5.32 Å². The predicted molar refractivity (Wildman–Crippen MR) is 97.3 cm³/mol. The maximum Gasteiger partial charge on any atom is 0.335 e. The summed E-state index contributed by atoms with van der Waals surface area (Å²) in [6.07, 6.45) is 2.97. The number of carbonyl (C=O) groups excluding carboxylic acids is 2. The summed E-state index contributed by atoms with van der Waals surface area (Å²) in [5.41, 5.74) is 0.852. The fourth-order valence-corrected chi connectivity index (χ4v) is 3.71. The van der Waals surface area contributed by atoms with E-state index in [9.17, 15) is 14.4 Å². The number of carboxylic acid groups (broad SMARTS) is 1. The van der Waals surface area contributed by atoms with Crippen LogP contribution in [0.2, 0.25) is 0 Å². The standard InChI is InChI=1S/C18H19N3O4S/c1-11(22)21-7-5-14(6-8-21)20-16(23)15-10-19-17(26-15)12-3-2-4-13(9-12)18(24)25/h2-4,9-10,14H,5-8H2,1H3,(H,20,23)(H,24,25). The van der Waals surface area contributed by atoms with Gasteiger partial charge in [0.15, 0.2) is 0 Å². The first-order valence-corrected chi connectivity index (χ1v) is 9.11. The van der Waals surface area contributed by atoms with Crippen LogP contribution in [0.15, 0.2) is 30.5 Å². The maximum absolute atomic E-state index is 12.4. The van der Waals surface area contributed by atoms with Gasteiger partial charge in [-0.3, -0.25) is 9.59 Å². The number of hydrogen-bond acceptors (Lipinski definition) is 5. The molecule has 7 nitrogen and oxygen atoms in total. The van der Waals surface area contributed by atoms with Crippen LogP contribution in [0.5, 0.6) is 0 Å². The van der Waals surface area contributed by atoms with Gasteiger partial charge in [-0.15, -0.1) is 11.3 Å². The van der Waals surface area contributed by atoms with E-state index in [2.05, 4.69) is 10.3 Å². The zero-order valence-corrected chi connectivity index (χ0v) is 15.1. The van der Waals surface area contributed by atoms with Crippen LogP contribution in [0.25, 0.3) is 10.6 Å². The Labute approximate surface area is 154 Å². The molecule has 1 aliphatic rings. The topological polar surface area (TPSA) is 99.6 Å². The molecule has 2 amide bonds. The summed E-state index contributed by atoms with van der Waals surface area (Å²) in [7, 11) is 0. The summed E-state index contributed by atoms with van der Waals surface area (Å²) in [5.74, 6) is -1.13. The number of thiazole rings is 1. The van der Waals surface area contributed by atoms with Gasteiger partial charge in [0, 0.05) is 31.6 Å². The summed E-state index contributed by atoms with van der Waals surface area (Å²) >= 11 is 1.23. The van der Waals surface area contributed by atoms with Crippen molar-refractivity contribution in [3.8, 4) is 10.6 Å². The molecule has 0 saturated carbocycles. The molecule has 2 heterocycles. The number of benzene rings is 1. The molecule has 1 fully saturated rings. The molecule has 1 aromatic heterocycles. The van der Waals surface area contributed by atoms with E-state index in [0.717, 1.165) is 12.8 Å². The van der Waals surface area contributed by atoms with Gasteiger partial charge in [0.25, 0.3) is 5.91 Å². The van der Waals surface area contributed by atoms with Gasteiger partial charge in [0.2, 0.25) is 5.91 Å². The maximum atomic E-state index is 12.4. The molecule has 0 atom stereocenters. The number of aromatic nitrogens is 1. The molecule has 2 aromatic rings. The Balaban J connectivity index is 1.64. The van der Waals surface area contributed by atoms with Crippen LogP contribution >= 0.6 is 11.3 Å². The van der Waals surface area contributed by atoms with E-state index in [0.29, 0.717) is 28.5 Å². The second-order valence-electron chi connectivity index (χ2n) is 6.17. The summed E-state index contributed by atoms with van der Waals surface area (Å²) < 4.78 is 0. The first-order valence-electron chi connectivity index (χ1n) is 8.30. The minimum Gasteiger partial charge on any atom is -0.478 e. The molecule has 0 unspecified atom stereocenters. The molecule has 2 N–H and O–H groups in total. The van der Waals surface area contributed by atoms with E-state index in [1.165, 1.54) is 23.6 Å². The summed E-state index contributed by atoms with van der Waals surface area (Å²) in [6, 6.07) is 6.52. The van der Waals surface area contributed by atoms with Gasteiger partial charge in [0.05, 0.1) is 11.8 Å². The molecule has 0 radical (unpaired) electrons. The van der Waals surface area contributed by atoms with Crippen LogP contribution in [0.3, 0.4) is 0 Å². The second-order valence-corrected chi connectivity index (χ2v) is 7.20. The summed E-state index contributed by atoms with van der Waals surface area (Å²) in [6.45, 7) is 2.85. The zero-order valence-electron chi connectivity index (χ0n) is 14.3. The number of aromatic carboxylic acids is 1. The largest absolute Gasteiger partial charge is 0.478 e. The van der Waals surface area contributed by atoms with Crippen molar-refractivity contribution in [2.45, 2.75) is 25.8 Å². The van der Waals surface area contributed by atoms with Gasteiger partial charge in [-0.25, -0.2) is 9.78 Å². The Morgan fingerprint density at radius 1 is 1.27 bits per heavy atom. The van der Waals surface area contributed by atoms with Gasteiger partial charge < -0.3 is 15.3 Å². The molecular weight excluding hydrogens is 354 g/mol. The Bertz CT molecular complexity index is 840. The first-order chi connectivity index (χ1) is 12.4. The van der Waals surface area contributed by atoms with E-state index in [1.54, 1.807) is 30.0 Å². The lowest BCUT2D eigenvalue weighted by Crippen LogP contribution is -2.45. The minimum atomic E-state index is -1.00. The van der Waals surface area contributed by atoms with Crippen molar-refractivity contribution in [3.63, 3.8) is 0 Å². The van der Waals surface area contributed by atoms with E-state index in [4.69, 9.17) is 5.11 Å². The van der Waals surface area contributed by atoms with E-state index < -0.39 is 5.97 Å². The van der Waals surface area contributed by atoms with Crippen LogP contribution in [0, 0.1) is 0 Å². The molecule has 1 aliphatic heterocycles. The molecule has 0 spiro atoms. The number of nitrogens with zero attached hydrogens (tertiary/aromatic N) is 2. The molecule has 8 heteroatoms. The van der Waals surface area contributed by atoms with Crippen molar-refractivity contribution in [2.75, 3.05) is 13.1 Å². The van der Waals surface area contributed by atoms with Crippen LogP contribution in [-0.4, -0.2) is 51.9 Å². The van der Waals surface area contributed by atoms with Crippen LogP contribution in [0.1, 0.15) is 39.8 Å². The number of nitrogens with one attached hydrogen (secondary N) is 1. The van der Waals surface area contributed by atoms with Crippen LogP contribution in [0.4, 0.5) is 0 Å². The average molecular weight is 373 g/mol. The molecule has 0 aliphatic carbocycles. The number of carboxylic acids is 1. The highest BCUT2D eigenvalue weighted by atomic mass is 32.1. The molecule has 1 aromatic carbocycles. The smallest absolute Gasteiger partial charge is 0.335 e. The van der Waals surface area contributed by atoms with Crippen molar-refractivity contribution < 1.29 is 19.5 Å². The third-order valence-corrected chi connectivity index (χ3v) is 5.41. The van der Waals surface area contributed by atoms with Crippen molar-refractivity contribution in [1.29, 1.82) is 0 Å². The summed E-state index contributed by atoms with van der Waals surface area (Å²) in [5, 5.41) is 12.7. The molecule has 1 saturated heterocycles. The summed E-state index contributed by atoms with van der Waals surface area (Å²) in [4.78, 5) is 41.4. The number of likely N-dealkylation sites (tertiary alicyclic amines) is 1. The number of amides is 2. The second kappa shape index (κ2) is 7.65. The van der Waals surface area contributed by atoms with Crippen molar-refractivity contribution in [1.82, 2.24) is 15.2 Å². The first kappa shape index (κ1) is 18.1. The molecule has 3 rings (SSSR count). The predicted octanol–water partition coefficient (Wildman–Crippen LogP) is 2.25. The van der Waals surface area contributed by atoms with Gasteiger partial charge in [-0.1, -0.05) is 12.1 Å². The Kier molecular flexibility index (Phi) is 5.32. The fourth-order valence-electron chi connectivity index (χ4n) is 2.89. The molecule has 136 valence electrons. The van der Waals surface area contributed by atoms with Gasteiger partial charge in [-0.2, -0.15) is 0 Å². The molecule has 26 heavy (non-hydrogen) atoms. The Morgan fingerprint density at radius 2 is 2.00 bits per heavy atom. The van der Waals surface area contributed by atoms with E-state index in [1.807, 2.05) is 0 Å². The Morgan fingerprint density at radius 3 is 2.65 bits per heavy atom. The third-order valence-electron chi connectivity index (χ3n) is 4.36. The highest BCUT2D eigenvalue weighted by molar-refractivity contribution is 7.16. The number of hydrogen-bond donors (Lipinski definition) is 2. The minimum absolute atomic E-state index is 0.0407. The normalized spacial score (nSPS) is 14.9. The molecule has 0 bridgehead atoms. The highest BCUT2D eigenvalue weighted by Crippen LogP contribution is 2.26. The monoisotopic (exact) mass is 373 g/mol. The average Bonchev–Trinajstić information content (AvgIpc) is 3.12. The Hall–Kier alpha value is -2.74. The zero-order chi connectivity index (χ0) is 18.7. The number of carbonyl (C=O) groups is 3. The van der Waals surface area contributed by atoms with E-state index in [-0.39, 0.29) is 23.4 Å². The van der Waals surface area contributed by atoms with Gasteiger partial charge in [0.1, 0.15) is 9.88 Å². The quantitative estimate of drug-likeness (QED) is 0.856. The lowest BCUT2D eigenvalue weighted by atomic mass is 10.1.